The number of rotatable bonds is 4. The lowest BCUT2D eigenvalue weighted by Crippen LogP contribution is -2.10. The van der Waals surface area contributed by atoms with Gasteiger partial charge in [0.2, 0.25) is 0 Å². The zero-order chi connectivity index (χ0) is 14.7. The second kappa shape index (κ2) is 5.94. The monoisotopic (exact) mass is 307 g/mol. The van der Waals surface area contributed by atoms with Gasteiger partial charge in [0.05, 0.1) is 9.95 Å². The normalized spacial score (nSPS) is 10.2. The summed E-state index contributed by atoms with van der Waals surface area (Å²) in [4.78, 5) is 11.8. The average molecular weight is 308 g/mol. The summed E-state index contributed by atoms with van der Waals surface area (Å²) < 4.78 is 0. The first-order chi connectivity index (χ1) is 9.47. The highest BCUT2D eigenvalue weighted by Gasteiger charge is 2.08. The van der Waals surface area contributed by atoms with Gasteiger partial charge in [-0.15, -0.1) is 0 Å². The quantitative estimate of drug-likeness (QED) is 0.390. The van der Waals surface area contributed by atoms with Gasteiger partial charge >= 0.3 is 0 Å². The maximum absolute atomic E-state index is 10.6. The van der Waals surface area contributed by atoms with Crippen molar-refractivity contribution in [1.82, 2.24) is 0 Å². The number of nitrogens with two attached hydrogens (primary N) is 1. The first kappa shape index (κ1) is 14.4. The first-order valence-corrected chi connectivity index (χ1v) is 6.73. The molecule has 0 fully saturated rings. The summed E-state index contributed by atoms with van der Waals surface area (Å²) in [5.74, 6) is -0.0428. The molecule has 0 aliphatic heterocycles. The van der Waals surface area contributed by atoms with E-state index in [0.29, 0.717) is 10.6 Å². The summed E-state index contributed by atoms with van der Waals surface area (Å²) in [6.45, 7) is 0. The van der Waals surface area contributed by atoms with Gasteiger partial charge in [0.15, 0.2) is 0 Å². The maximum Gasteiger partial charge on any atom is 0.269 e. The van der Waals surface area contributed by atoms with Gasteiger partial charge in [-0.1, -0.05) is 29.4 Å². The molecule has 0 unspecified atom stereocenters. The number of hydrogen-bond acceptors (Lipinski definition) is 4. The lowest BCUT2D eigenvalue weighted by molar-refractivity contribution is -0.384. The highest BCUT2D eigenvalue weighted by atomic mass is 35.5. The van der Waals surface area contributed by atoms with Crippen LogP contribution in [-0.2, 0) is 0 Å². The molecule has 0 aliphatic rings. The standard InChI is InChI=1S/C13H10ClN3O2S/c14-11-7-8(13(15)16)1-6-12(11)20-10-4-2-9(3-5-10)17(18)19/h1-7H,(H3,15,16). The van der Waals surface area contributed by atoms with E-state index in [1.165, 1.54) is 23.9 Å². The first-order valence-electron chi connectivity index (χ1n) is 5.53. The van der Waals surface area contributed by atoms with Crippen molar-refractivity contribution < 1.29 is 4.92 Å². The van der Waals surface area contributed by atoms with Crippen molar-refractivity contribution in [3.05, 3.63) is 63.2 Å². The van der Waals surface area contributed by atoms with Gasteiger partial charge < -0.3 is 5.73 Å². The molecule has 0 aromatic heterocycles. The maximum atomic E-state index is 10.6. The number of non-ortho nitro benzene ring substituents is 1. The van der Waals surface area contributed by atoms with Crippen LogP contribution in [0.4, 0.5) is 5.69 Å². The fourth-order valence-corrected chi connectivity index (χ4v) is 2.63. The minimum atomic E-state index is -0.441. The van der Waals surface area contributed by atoms with E-state index in [1.807, 2.05) is 0 Å². The van der Waals surface area contributed by atoms with Crippen LogP contribution in [0, 0.1) is 15.5 Å². The molecule has 0 saturated heterocycles. The van der Waals surface area contributed by atoms with Crippen LogP contribution in [-0.4, -0.2) is 10.8 Å². The predicted octanol–water partition coefficient (Wildman–Crippen LogP) is 3.68. The van der Waals surface area contributed by atoms with Gasteiger partial charge in [-0.05, 0) is 24.3 Å². The highest BCUT2D eigenvalue weighted by molar-refractivity contribution is 7.99. The lowest BCUT2D eigenvalue weighted by Gasteiger charge is -2.06. The van der Waals surface area contributed by atoms with Crippen LogP contribution in [0.1, 0.15) is 5.56 Å². The number of nitrogen functional groups attached to an aromatic ring is 1. The summed E-state index contributed by atoms with van der Waals surface area (Å²) in [5, 5.41) is 18.4. The summed E-state index contributed by atoms with van der Waals surface area (Å²) in [6, 6.07) is 11.3. The fraction of sp³-hybridized carbons (Fsp3) is 0. The van der Waals surface area contributed by atoms with E-state index < -0.39 is 4.92 Å². The molecule has 2 rings (SSSR count). The minimum Gasteiger partial charge on any atom is -0.384 e. The Morgan fingerprint density at radius 2 is 1.90 bits per heavy atom. The Labute approximate surface area is 124 Å². The van der Waals surface area contributed by atoms with Gasteiger partial charge in [-0.25, -0.2) is 0 Å². The third-order valence-corrected chi connectivity index (χ3v) is 4.03. The zero-order valence-electron chi connectivity index (χ0n) is 10.2. The second-order valence-electron chi connectivity index (χ2n) is 3.91. The number of halogens is 1. The molecule has 0 saturated carbocycles. The summed E-state index contributed by atoms with van der Waals surface area (Å²) in [7, 11) is 0. The Morgan fingerprint density at radius 3 is 2.40 bits per heavy atom. The van der Waals surface area contributed by atoms with Gasteiger partial charge in [0.25, 0.3) is 5.69 Å². The Kier molecular flexibility index (Phi) is 4.26. The van der Waals surface area contributed by atoms with Gasteiger partial charge in [0, 0.05) is 27.5 Å². The Morgan fingerprint density at radius 1 is 1.25 bits per heavy atom. The number of hydrogen-bond donors (Lipinski definition) is 2. The molecule has 0 aliphatic carbocycles. The Hall–Kier alpha value is -2.05. The van der Waals surface area contributed by atoms with Crippen molar-refractivity contribution in [1.29, 1.82) is 5.41 Å². The molecular formula is C13H10ClN3O2S. The lowest BCUT2D eigenvalue weighted by atomic mass is 10.2. The number of nitrogens with zero attached hydrogens (tertiary/aromatic N) is 1. The topological polar surface area (TPSA) is 93.0 Å². The Balaban J connectivity index is 2.21. The molecule has 3 N–H and O–H groups in total. The highest BCUT2D eigenvalue weighted by Crippen LogP contribution is 2.34. The summed E-state index contributed by atoms with van der Waals surface area (Å²) in [5.41, 5.74) is 5.99. The van der Waals surface area contributed by atoms with Crippen LogP contribution in [0.5, 0.6) is 0 Å². The van der Waals surface area contributed by atoms with Crippen LogP contribution >= 0.6 is 23.4 Å². The molecule has 2 aromatic rings. The number of nitrogens with one attached hydrogen (secondary N) is 1. The SMILES string of the molecule is N=C(N)c1ccc(Sc2ccc([N+](=O)[O-])cc2)c(Cl)c1. The molecule has 0 bridgehead atoms. The third-order valence-electron chi connectivity index (χ3n) is 2.52. The van der Waals surface area contributed by atoms with Crippen LogP contribution < -0.4 is 5.73 Å². The number of benzene rings is 2. The van der Waals surface area contributed by atoms with E-state index >= 15 is 0 Å². The number of nitro groups is 1. The molecule has 5 nitrogen and oxygen atoms in total. The molecule has 0 spiro atoms. The number of amidine groups is 1. The largest absolute Gasteiger partial charge is 0.384 e. The van der Waals surface area contributed by atoms with Crippen LogP contribution in [0.25, 0.3) is 0 Å². The molecule has 102 valence electrons. The van der Waals surface area contributed by atoms with E-state index in [2.05, 4.69) is 0 Å². The Bertz CT molecular complexity index is 674. The van der Waals surface area contributed by atoms with E-state index in [4.69, 9.17) is 22.7 Å². The van der Waals surface area contributed by atoms with Crippen molar-refractivity contribution in [2.75, 3.05) is 0 Å². The summed E-state index contributed by atoms with van der Waals surface area (Å²) >= 11 is 7.51. The van der Waals surface area contributed by atoms with Crippen molar-refractivity contribution in [3.63, 3.8) is 0 Å². The van der Waals surface area contributed by atoms with E-state index in [1.54, 1.807) is 30.3 Å². The van der Waals surface area contributed by atoms with Crippen LogP contribution in [0.2, 0.25) is 5.02 Å². The molecule has 7 heteroatoms. The van der Waals surface area contributed by atoms with Crippen LogP contribution in [0.15, 0.2) is 52.3 Å². The molecule has 0 heterocycles. The molecule has 20 heavy (non-hydrogen) atoms. The molecular weight excluding hydrogens is 298 g/mol. The molecule has 0 amide bonds. The molecule has 2 aromatic carbocycles. The van der Waals surface area contributed by atoms with Crippen molar-refractivity contribution in [3.8, 4) is 0 Å². The van der Waals surface area contributed by atoms with E-state index in [0.717, 1.165) is 9.79 Å². The molecule has 0 radical (unpaired) electrons. The van der Waals surface area contributed by atoms with Crippen molar-refractivity contribution >= 4 is 34.9 Å². The minimum absolute atomic E-state index is 0.0428. The predicted molar refractivity (Wildman–Crippen MR) is 79.7 cm³/mol. The van der Waals surface area contributed by atoms with Gasteiger partial charge in [-0.2, -0.15) is 0 Å². The van der Waals surface area contributed by atoms with Crippen molar-refractivity contribution in [2.45, 2.75) is 9.79 Å². The average Bonchev–Trinajstić information content (AvgIpc) is 2.41. The zero-order valence-corrected chi connectivity index (χ0v) is 11.7. The van der Waals surface area contributed by atoms with Crippen molar-refractivity contribution in [2.24, 2.45) is 5.73 Å². The van der Waals surface area contributed by atoms with E-state index in [9.17, 15) is 10.1 Å². The van der Waals surface area contributed by atoms with Gasteiger partial charge in [-0.3, -0.25) is 15.5 Å². The number of nitro benzene ring substituents is 1. The third kappa shape index (κ3) is 3.28. The fourth-order valence-electron chi connectivity index (χ4n) is 1.51. The van der Waals surface area contributed by atoms with Crippen LogP contribution in [0.3, 0.4) is 0 Å². The molecule has 0 atom stereocenters. The van der Waals surface area contributed by atoms with Gasteiger partial charge in [0.1, 0.15) is 5.84 Å². The van der Waals surface area contributed by atoms with E-state index in [-0.39, 0.29) is 11.5 Å². The smallest absolute Gasteiger partial charge is 0.269 e. The summed E-state index contributed by atoms with van der Waals surface area (Å²) in [6.07, 6.45) is 0. The second-order valence-corrected chi connectivity index (χ2v) is 5.43.